The molecule has 2 N–H and O–H groups in total. The van der Waals surface area contributed by atoms with Crippen LogP contribution in [-0.2, 0) is 9.53 Å². The minimum Gasteiger partial charge on any atom is -0.465 e. The SMILES string of the molecule is COC(=O)c1ccc(NC(=O)NC2CC(=O)N(c3ccc(Cl)cc3)C2)cc1. The molecule has 0 spiro atoms. The molecule has 1 unspecified atom stereocenters. The Morgan fingerprint density at radius 2 is 1.78 bits per heavy atom. The van der Waals surface area contributed by atoms with E-state index in [1.54, 1.807) is 53.4 Å². The fraction of sp³-hybridized carbons (Fsp3) is 0.211. The molecular formula is C19H18ClN3O4. The smallest absolute Gasteiger partial charge is 0.337 e. The van der Waals surface area contributed by atoms with Gasteiger partial charge in [-0.25, -0.2) is 9.59 Å². The molecule has 1 aliphatic heterocycles. The molecular weight excluding hydrogens is 370 g/mol. The first-order chi connectivity index (χ1) is 13.0. The van der Waals surface area contributed by atoms with E-state index in [1.807, 2.05) is 0 Å². The topological polar surface area (TPSA) is 87.7 Å². The summed E-state index contributed by atoms with van der Waals surface area (Å²) in [5.41, 5.74) is 1.66. The van der Waals surface area contributed by atoms with Crippen molar-refractivity contribution in [1.82, 2.24) is 5.32 Å². The molecule has 1 saturated heterocycles. The Labute approximate surface area is 161 Å². The van der Waals surface area contributed by atoms with Crippen molar-refractivity contribution in [1.29, 1.82) is 0 Å². The van der Waals surface area contributed by atoms with E-state index < -0.39 is 12.0 Å². The van der Waals surface area contributed by atoms with Crippen LogP contribution in [0.2, 0.25) is 5.02 Å². The van der Waals surface area contributed by atoms with Crippen LogP contribution in [-0.4, -0.2) is 37.6 Å². The third-order valence-corrected chi connectivity index (χ3v) is 4.41. The van der Waals surface area contributed by atoms with Crippen molar-refractivity contribution in [2.24, 2.45) is 0 Å². The van der Waals surface area contributed by atoms with Gasteiger partial charge >= 0.3 is 12.0 Å². The number of rotatable bonds is 4. The van der Waals surface area contributed by atoms with Crippen molar-refractivity contribution in [3.8, 4) is 0 Å². The van der Waals surface area contributed by atoms with E-state index in [4.69, 9.17) is 11.6 Å². The summed E-state index contributed by atoms with van der Waals surface area (Å²) in [6.45, 7) is 0.384. The average Bonchev–Trinajstić information content (AvgIpc) is 3.02. The Morgan fingerprint density at radius 1 is 1.11 bits per heavy atom. The zero-order chi connectivity index (χ0) is 19.4. The van der Waals surface area contributed by atoms with Gasteiger partial charge < -0.3 is 20.3 Å². The molecule has 7 nitrogen and oxygen atoms in total. The molecule has 3 amide bonds. The number of benzene rings is 2. The lowest BCUT2D eigenvalue weighted by Gasteiger charge is -2.17. The van der Waals surface area contributed by atoms with E-state index in [0.29, 0.717) is 22.8 Å². The quantitative estimate of drug-likeness (QED) is 0.789. The molecule has 0 aliphatic carbocycles. The van der Waals surface area contributed by atoms with Crippen molar-refractivity contribution in [2.75, 3.05) is 23.9 Å². The molecule has 3 rings (SSSR count). The normalized spacial score (nSPS) is 16.1. The molecule has 0 aromatic heterocycles. The number of nitrogens with zero attached hydrogens (tertiary/aromatic N) is 1. The second-order valence-electron chi connectivity index (χ2n) is 6.05. The Bertz CT molecular complexity index is 852. The standard InChI is InChI=1S/C19H18ClN3O4/c1-27-18(25)12-2-6-14(7-3-12)21-19(26)22-15-10-17(24)23(11-15)16-8-4-13(20)5-9-16/h2-9,15H,10-11H2,1H3,(H2,21,22,26). The summed E-state index contributed by atoms with van der Waals surface area (Å²) in [7, 11) is 1.30. The number of carbonyl (C=O) groups is 3. The van der Waals surface area contributed by atoms with Gasteiger partial charge in [-0.05, 0) is 48.5 Å². The molecule has 27 heavy (non-hydrogen) atoms. The van der Waals surface area contributed by atoms with Gasteiger partial charge in [0, 0.05) is 29.4 Å². The van der Waals surface area contributed by atoms with E-state index in [1.165, 1.54) is 7.11 Å². The molecule has 140 valence electrons. The number of esters is 1. The van der Waals surface area contributed by atoms with Gasteiger partial charge in [0.1, 0.15) is 0 Å². The summed E-state index contributed by atoms with van der Waals surface area (Å²) in [4.78, 5) is 37.4. The van der Waals surface area contributed by atoms with Gasteiger partial charge in [-0.1, -0.05) is 11.6 Å². The van der Waals surface area contributed by atoms with Gasteiger partial charge in [0.05, 0.1) is 18.7 Å². The number of carbonyl (C=O) groups excluding carboxylic acids is 3. The predicted octanol–water partition coefficient (Wildman–Crippen LogP) is 3.05. The maximum Gasteiger partial charge on any atom is 0.337 e. The summed E-state index contributed by atoms with van der Waals surface area (Å²) in [5.74, 6) is -0.511. The van der Waals surface area contributed by atoms with Crippen molar-refractivity contribution < 1.29 is 19.1 Å². The van der Waals surface area contributed by atoms with Crippen LogP contribution in [0, 0.1) is 0 Å². The lowest BCUT2D eigenvalue weighted by Crippen LogP contribution is -2.39. The number of hydrogen-bond donors (Lipinski definition) is 2. The Kier molecular flexibility index (Phi) is 5.61. The second kappa shape index (κ2) is 8.09. The molecule has 2 aromatic rings. The molecule has 1 fully saturated rings. The Morgan fingerprint density at radius 3 is 2.41 bits per heavy atom. The number of anilines is 2. The predicted molar refractivity (Wildman–Crippen MR) is 102 cm³/mol. The number of urea groups is 1. The summed E-state index contributed by atoms with van der Waals surface area (Å²) in [5, 5.41) is 6.06. The van der Waals surface area contributed by atoms with Crippen molar-refractivity contribution in [3.63, 3.8) is 0 Å². The van der Waals surface area contributed by atoms with Gasteiger partial charge in [-0.15, -0.1) is 0 Å². The summed E-state index contributed by atoms with van der Waals surface area (Å²) in [6.07, 6.45) is 0.220. The Hall–Kier alpha value is -3.06. The minimum absolute atomic E-state index is 0.0648. The first-order valence-electron chi connectivity index (χ1n) is 8.28. The summed E-state index contributed by atoms with van der Waals surface area (Å²) in [6, 6.07) is 12.6. The maximum atomic E-state index is 12.2. The zero-order valence-electron chi connectivity index (χ0n) is 14.6. The second-order valence-corrected chi connectivity index (χ2v) is 6.49. The molecule has 0 saturated carbocycles. The number of methoxy groups -OCH3 is 1. The van der Waals surface area contributed by atoms with Gasteiger partial charge in [0.2, 0.25) is 5.91 Å². The number of halogens is 1. The summed E-state index contributed by atoms with van der Waals surface area (Å²) < 4.78 is 4.63. The lowest BCUT2D eigenvalue weighted by molar-refractivity contribution is -0.117. The number of hydrogen-bond acceptors (Lipinski definition) is 4. The highest BCUT2D eigenvalue weighted by Gasteiger charge is 2.31. The van der Waals surface area contributed by atoms with E-state index in [2.05, 4.69) is 15.4 Å². The Balaban J connectivity index is 1.56. The van der Waals surface area contributed by atoms with Crippen LogP contribution < -0.4 is 15.5 Å². The van der Waals surface area contributed by atoms with Crippen molar-refractivity contribution >= 4 is 40.9 Å². The van der Waals surface area contributed by atoms with E-state index in [0.717, 1.165) is 5.69 Å². The van der Waals surface area contributed by atoms with Crippen LogP contribution in [0.25, 0.3) is 0 Å². The van der Waals surface area contributed by atoms with E-state index in [9.17, 15) is 14.4 Å². The van der Waals surface area contributed by atoms with Gasteiger partial charge in [-0.3, -0.25) is 4.79 Å². The molecule has 1 aliphatic rings. The lowest BCUT2D eigenvalue weighted by atomic mass is 10.2. The van der Waals surface area contributed by atoms with Crippen LogP contribution >= 0.6 is 11.6 Å². The largest absolute Gasteiger partial charge is 0.465 e. The monoisotopic (exact) mass is 387 g/mol. The van der Waals surface area contributed by atoms with Gasteiger partial charge in [0.25, 0.3) is 0 Å². The van der Waals surface area contributed by atoms with E-state index >= 15 is 0 Å². The highest BCUT2D eigenvalue weighted by molar-refractivity contribution is 6.30. The van der Waals surface area contributed by atoms with Crippen LogP contribution in [0.5, 0.6) is 0 Å². The highest BCUT2D eigenvalue weighted by Crippen LogP contribution is 2.23. The number of nitrogens with one attached hydrogen (secondary N) is 2. The van der Waals surface area contributed by atoms with Crippen LogP contribution in [0.15, 0.2) is 48.5 Å². The average molecular weight is 388 g/mol. The molecule has 8 heteroatoms. The van der Waals surface area contributed by atoms with Crippen molar-refractivity contribution in [3.05, 3.63) is 59.1 Å². The van der Waals surface area contributed by atoms with E-state index in [-0.39, 0.29) is 18.4 Å². The van der Waals surface area contributed by atoms with Crippen LogP contribution in [0.3, 0.4) is 0 Å². The third kappa shape index (κ3) is 4.57. The van der Waals surface area contributed by atoms with Crippen molar-refractivity contribution in [2.45, 2.75) is 12.5 Å². The highest BCUT2D eigenvalue weighted by atomic mass is 35.5. The summed E-state index contributed by atoms with van der Waals surface area (Å²) >= 11 is 5.87. The first-order valence-corrected chi connectivity index (χ1v) is 8.66. The molecule has 0 bridgehead atoms. The molecule has 0 radical (unpaired) electrons. The fourth-order valence-electron chi connectivity index (χ4n) is 2.83. The molecule has 1 atom stereocenters. The van der Waals surface area contributed by atoms with Gasteiger partial charge in [0.15, 0.2) is 0 Å². The third-order valence-electron chi connectivity index (χ3n) is 4.16. The number of amides is 3. The fourth-order valence-corrected chi connectivity index (χ4v) is 2.96. The maximum absolute atomic E-state index is 12.2. The molecule has 1 heterocycles. The van der Waals surface area contributed by atoms with Gasteiger partial charge in [-0.2, -0.15) is 0 Å². The van der Waals surface area contributed by atoms with Crippen LogP contribution in [0.1, 0.15) is 16.8 Å². The molecule has 2 aromatic carbocycles. The zero-order valence-corrected chi connectivity index (χ0v) is 15.3. The number of ether oxygens (including phenoxy) is 1. The minimum atomic E-state index is -0.447. The van der Waals surface area contributed by atoms with Crippen LogP contribution in [0.4, 0.5) is 16.2 Å². The first kappa shape index (κ1) is 18.7.